The Bertz CT molecular complexity index is 191. The third-order valence-electron chi connectivity index (χ3n) is 4.91. The summed E-state index contributed by atoms with van der Waals surface area (Å²) in [4.78, 5) is 3.79. The van der Waals surface area contributed by atoms with Crippen molar-refractivity contribution in [1.29, 1.82) is 0 Å². The maximum absolute atomic E-state index is 3.79. The highest BCUT2D eigenvalue weighted by atomic mass is 35.5. The van der Waals surface area contributed by atoms with Crippen molar-refractivity contribution in [3.63, 3.8) is 0 Å². The first-order valence-electron chi connectivity index (χ1n) is 11.1. The van der Waals surface area contributed by atoms with E-state index in [1.165, 1.54) is 109 Å². The standard InChI is InChI=1S/C18H47NSi4.ClH/c1-2-3-4-5-6-7-8-9-10-11-12-13-14-15-16-17-18-19-21-23-22-20;/h19H,2-18,21-23H2,1,20H3;1H. The number of unbranched alkanes of at least 4 members (excludes halogenated alkanes) is 15. The smallest absolute Gasteiger partial charge is 0.0726 e. The van der Waals surface area contributed by atoms with Crippen molar-refractivity contribution in [3.8, 4) is 0 Å². The SMILES string of the molecule is CCCCCCCCCCCCCCCCCCN[SiH2][SiH2][SiH2][SiH3].Cl. The van der Waals surface area contributed by atoms with Gasteiger partial charge in [-0.15, -0.1) is 12.4 Å². The zero-order chi connectivity index (χ0) is 16.8. The Morgan fingerprint density at radius 1 is 0.625 bits per heavy atom. The predicted octanol–water partition coefficient (Wildman–Crippen LogP) is 2.79. The van der Waals surface area contributed by atoms with E-state index in [2.05, 4.69) is 11.9 Å². The van der Waals surface area contributed by atoms with Crippen LogP contribution >= 0.6 is 12.4 Å². The average Bonchev–Trinajstić information content (AvgIpc) is 2.57. The van der Waals surface area contributed by atoms with Crippen LogP contribution in [-0.4, -0.2) is 42.6 Å². The number of nitrogens with one attached hydrogen (secondary N) is 1. The number of hydrogen-bond acceptors (Lipinski definition) is 1. The van der Waals surface area contributed by atoms with Crippen molar-refractivity contribution in [2.24, 2.45) is 0 Å². The molecule has 0 aliphatic heterocycles. The third kappa shape index (κ3) is 25.4. The molecule has 0 bridgehead atoms. The fourth-order valence-electron chi connectivity index (χ4n) is 3.22. The summed E-state index contributed by atoms with van der Waals surface area (Å²) in [5.41, 5.74) is 0. The Morgan fingerprint density at radius 2 is 1.00 bits per heavy atom. The van der Waals surface area contributed by atoms with Crippen molar-refractivity contribution in [2.45, 2.75) is 110 Å². The molecule has 0 aliphatic rings. The van der Waals surface area contributed by atoms with Crippen LogP contribution in [0.2, 0.25) is 0 Å². The van der Waals surface area contributed by atoms with Crippen LogP contribution in [0, 0.1) is 0 Å². The highest BCUT2D eigenvalue weighted by molar-refractivity contribution is 7.40. The molecular weight excluding hydrogens is 378 g/mol. The molecule has 0 radical (unpaired) electrons. The Labute approximate surface area is 169 Å². The molecule has 6 heteroatoms. The summed E-state index contributed by atoms with van der Waals surface area (Å²) in [5, 5.41) is 0. The lowest BCUT2D eigenvalue weighted by molar-refractivity contribution is 0.529. The first-order valence-corrected chi connectivity index (χ1v) is 25.5. The van der Waals surface area contributed by atoms with Crippen LogP contribution < -0.4 is 4.98 Å². The summed E-state index contributed by atoms with van der Waals surface area (Å²) >= 11 is 0. The maximum atomic E-state index is 3.79. The largest absolute Gasteiger partial charge is 0.345 e. The summed E-state index contributed by atoms with van der Waals surface area (Å²) in [5.74, 6) is 0. The van der Waals surface area contributed by atoms with Gasteiger partial charge in [-0.1, -0.05) is 103 Å². The minimum absolute atomic E-state index is 0. The van der Waals surface area contributed by atoms with Gasteiger partial charge in [-0.05, 0) is 31.3 Å². The van der Waals surface area contributed by atoms with Gasteiger partial charge >= 0.3 is 0 Å². The molecule has 0 amide bonds. The van der Waals surface area contributed by atoms with E-state index in [-0.39, 0.29) is 12.4 Å². The van der Waals surface area contributed by atoms with Gasteiger partial charge in [-0.25, -0.2) is 0 Å². The lowest BCUT2D eigenvalue weighted by Gasteiger charge is -2.04. The Balaban J connectivity index is 0. The molecule has 0 aromatic carbocycles. The topological polar surface area (TPSA) is 12.0 Å². The van der Waals surface area contributed by atoms with Gasteiger partial charge in [-0.3, -0.25) is 0 Å². The van der Waals surface area contributed by atoms with Gasteiger partial charge in [0.25, 0.3) is 0 Å². The average molecular weight is 426 g/mol. The molecule has 0 fully saturated rings. The highest BCUT2D eigenvalue weighted by Gasteiger charge is 1.94. The highest BCUT2D eigenvalue weighted by Crippen LogP contribution is 2.13. The molecule has 0 aromatic heterocycles. The minimum Gasteiger partial charge on any atom is -0.345 e. The van der Waals surface area contributed by atoms with Crippen LogP contribution in [-0.2, 0) is 0 Å². The second-order valence-corrected chi connectivity index (χ2v) is 32.1. The van der Waals surface area contributed by atoms with Gasteiger partial charge in [0.2, 0.25) is 0 Å². The van der Waals surface area contributed by atoms with E-state index in [1.807, 2.05) is 0 Å². The fraction of sp³-hybridized carbons (Fsp3) is 1.00. The van der Waals surface area contributed by atoms with Gasteiger partial charge < -0.3 is 4.98 Å². The van der Waals surface area contributed by atoms with Gasteiger partial charge in [-0.2, -0.15) is 0 Å². The van der Waals surface area contributed by atoms with Crippen molar-refractivity contribution in [1.82, 2.24) is 4.98 Å². The van der Waals surface area contributed by atoms with Gasteiger partial charge in [0.1, 0.15) is 0 Å². The van der Waals surface area contributed by atoms with Crippen molar-refractivity contribution in [3.05, 3.63) is 0 Å². The molecule has 0 aliphatic carbocycles. The molecule has 0 spiro atoms. The lowest BCUT2D eigenvalue weighted by atomic mass is 10.0. The number of rotatable bonds is 20. The zero-order valence-electron chi connectivity index (χ0n) is 17.1. The van der Waals surface area contributed by atoms with E-state index in [4.69, 9.17) is 0 Å². The summed E-state index contributed by atoms with van der Waals surface area (Å²) in [6, 6.07) is 0. The van der Waals surface area contributed by atoms with Crippen LogP contribution in [0.5, 0.6) is 0 Å². The molecular formula is C18H48ClNSi4. The summed E-state index contributed by atoms with van der Waals surface area (Å²) in [7, 11) is 3.14. The van der Waals surface area contributed by atoms with Crippen LogP contribution in [0.3, 0.4) is 0 Å². The summed E-state index contributed by atoms with van der Waals surface area (Å²) < 4.78 is 0. The number of hydrogen-bond donors (Lipinski definition) is 1. The molecule has 0 heterocycles. The Hall–Kier alpha value is 1.12. The molecule has 0 atom stereocenters. The lowest BCUT2D eigenvalue weighted by Crippen LogP contribution is -2.29. The van der Waals surface area contributed by atoms with Gasteiger partial charge in [0.05, 0.1) is 9.20 Å². The van der Waals surface area contributed by atoms with E-state index >= 15 is 0 Å². The molecule has 24 heavy (non-hydrogen) atoms. The molecule has 0 rings (SSSR count). The summed E-state index contributed by atoms with van der Waals surface area (Å²) in [6.45, 7) is 3.67. The maximum Gasteiger partial charge on any atom is 0.0726 e. The zero-order valence-corrected chi connectivity index (χ0v) is 24.1. The monoisotopic (exact) mass is 425 g/mol. The molecule has 148 valence electrons. The van der Waals surface area contributed by atoms with E-state index in [0.29, 0.717) is 26.3 Å². The van der Waals surface area contributed by atoms with Crippen molar-refractivity contribution < 1.29 is 0 Å². The Kier molecular flexibility index (Phi) is 30.0. The normalized spacial score (nSPS) is 12.4. The van der Waals surface area contributed by atoms with Gasteiger partial charge in [0, 0.05) is 8.55 Å². The molecule has 0 aromatic rings. The van der Waals surface area contributed by atoms with Crippen LogP contribution in [0.15, 0.2) is 0 Å². The van der Waals surface area contributed by atoms with Gasteiger partial charge in [0.15, 0.2) is 0 Å². The molecule has 1 N–H and O–H groups in total. The Morgan fingerprint density at radius 3 is 1.38 bits per heavy atom. The van der Waals surface area contributed by atoms with E-state index in [1.54, 1.807) is 9.76 Å². The fourth-order valence-corrected chi connectivity index (χ4v) is 21.9. The second kappa shape index (κ2) is 26.3. The quantitative estimate of drug-likeness (QED) is 0.233. The second-order valence-electron chi connectivity index (χ2n) is 7.41. The molecule has 1 nitrogen and oxygen atoms in total. The minimum atomic E-state index is 0. The first-order chi connectivity index (χ1) is 11.4. The third-order valence-corrected chi connectivity index (χ3v) is 39.6. The van der Waals surface area contributed by atoms with Crippen LogP contribution in [0.4, 0.5) is 0 Å². The van der Waals surface area contributed by atoms with Crippen molar-refractivity contribution >= 4 is 48.5 Å². The first kappa shape index (κ1) is 27.3. The van der Waals surface area contributed by atoms with Crippen molar-refractivity contribution in [2.75, 3.05) is 6.54 Å². The summed E-state index contributed by atoms with van der Waals surface area (Å²) in [6.07, 6.45) is 23.7. The van der Waals surface area contributed by atoms with E-state index in [0.717, 1.165) is 0 Å². The van der Waals surface area contributed by atoms with E-state index < -0.39 is 0 Å². The molecule has 0 unspecified atom stereocenters. The molecule has 0 saturated carbocycles. The predicted molar refractivity (Wildman–Crippen MR) is 130 cm³/mol. The van der Waals surface area contributed by atoms with Crippen LogP contribution in [0.25, 0.3) is 0 Å². The number of halogens is 1. The van der Waals surface area contributed by atoms with E-state index in [9.17, 15) is 0 Å². The van der Waals surface area contributed by atoms with Crippen LogP contribution in [0.1, 0.15) is 110 Å². The molecule has 0 saturated heterocycles.